The van der Waals surface area contributed by atoms with Crippen LogP contribution in [0.15, 0.2) is 29.3 Å². The second kappa shape index (κ2) is 5.82. The molecule has 0 atom stereocenters. The van der Waals surface area contributed by atoms with Crippen LogP contribution in [-0.4, -0.2) is 17.5 Å². The molecule has 1 aromatic rings. The van der Waals surface area contributed by atoms with Crippen LogP contribution in [0.2, 0.25) is 0 Å². The first-order chi connectivity index (χ1) is 10.0. The molecule has 1 aliphatic carbocycles. The molecule has 3 nitrogen and oxygen atoms in total. The van der Waals surface area contributed by atoms with Crippen molar-refractivity contribution in [3.05, 3.63) is 35.4 Å². The van der Waals surface area contributed by atoms with E-state index in [1.165, 1.54) is 0 Å². The summed E-state index contributed by atoms with van der Waals surface area (Å²) in [7, 11) is 0. The summed E-state index contributed by atoms with van der Waals surface area (Å²) in [6.45, 7) is 6.00. The van der Waals surface area contributed by atoms with Crippen molar-refractivity contribution in [3.8, 4) is 0 Å². The third-order valence-electron chi connectivity index (χ3n) is 3.65. The van der Waals surface area contributed by atoms with E-state index < -0.39 is 11.7 Å². The number of rotatable bonds is 2. The topological polar surface area (TPSA) is 50.4 Å². The van der Waals surface area contributed by atoms with E-state index >= 15 is 0 Å². The Morgan fingerprint density at radius 3 is 2.14 bits per heavy atom. The SMILES string of the molecule is CC(C)(C)NC(N)=NC1CC(c2ccc(C(F)(F)F)cc2)C1. The number of alkyl halides is 3. The molecule has 1 fully saturated rings. The number of hydrogen-bond donors (Lipinski definition) is 2. The van der Waals surface area contributed by atoms with Crippen molar-refractivity contribution >= 4 is 5.96 Å². The molecule has 0 aliphatic heterocycles. The maximum Gasteiger partial charge on any atom is 0.416 e. The molecule has 0 unspecified atom stereocenters. The molecule has 22 heavy (non-hydrogen) atoms. The summed E-state index contributed by atoms with van der Waals surface area (Å²) in [5.74, 6) is 0.682. The minimum absolute atomic E-state index is 0.135. The Bertz CT molecular complexity index is 535. The minimum atomic E-state index is -4.28. The first kappa shape index (κ1) is 16.6. The lowest BCUT2D eigenvalue weighted by Crippen LogP contribution is -2.46. The van der Waals surface area contributed by atoms with Gasteiger partial charge in [0.15, 0.2) is 5.96 Å². The van der Waals surface area contributed by atoms with Gasteiger partial charge in [0.2, 0.25) is 0 Å². The molecular formula is C16H22F3N3. The van der Waals surface area contributed by atoms with Crippen molar-refractivity contribution < 1.29 is 13.2 Å². The van der Waals surface area contributed by atoms with Gasteiger partial charge in [-0.2, -0.15) is 13.2 Å². The van der Waals surface area contributed by atoms with Crippen molar-refractivity contribution in [1.29, 1.82) is 0 Å². The molecule has 1 aromatic carbocycles. The smallest absolute Gasteiger partial charge is 0.370 e. The quantitative estimate of drug-likeness (QED) is 0.647. The minimum Gasteiger partial charge on any atom is -0.370 e. The van der Waals surface area contributed by atoms with Crippen LogP contribution in [0, 0.1) is 0 Å². The van der Waals surface area contributed by atoms with Gasteiger partial charge < -0.3 is 11.1 Å². The fourth-order valence-corrected chi connectivity index (χ4v) is 2.52. The molecule has 2 rings (SSSR count). The van der Waals surface area contributed by atoms with Crippen LogP contribution >= 0.6 is 0 Å². The molecular weight excluding hydrogens is 291 g/mol. The Kier molecular flexibility index (Phi) is 4.40. The van der Waals surface area contributed by atoms with Gasteiger partial charge in [-0.3, -0.25) is 4.99 Å². The lowest BCUT2D eigenvalue weighted by atomic mass is 9.76. The Hall–Kier alpha value is -1.72. The van der Waals surface area contributed by atoms with Crippen molar-refractivity contribution in [3.63, 3.8) is 0 Å². The van der Waals surface area contributed by atoms with Crippen LogP contribution in [-0.2, 0) is 6.18 Å². The number of benzene rings is 1. The molecule has 0 heterocycles. The van der Waals surface area contributed by atoms with Gasteiger partial charge in [0.05, 0.1) is 11.6 Å². The van der Waals surface area contributed by atoms with Crippen LogP contribution in [0.25, 0.3) is 0 Å². The highest BCUT2D eigenvalue weighted by atomic mass is 19.4. The highest BCUT2D eigenvalue weighted by Gasteiger charge is 2.33. The number of hydrogen-bond acceptors (Lipinski definition) is 1. The average molecular weight is 313 g/mol. The second-order valence-corrected chi connectivity index (χ2v) is 6.83. The van der Waals surface area contributed by atoms with E-state index in [-0.39, 0.29) is 17.5 Å². The third-order valence-corrected chi connectivity index (χ3v) is 3.65. The Balaban J connectivity index is 1.90. The van der Waals surface area contributed by atoms with Gasteiger partial charge in [-0.15, -0.1) is 0 Å². The molecule has 0 radical (unpaired) electrons. The summed E-state index contributed by atoms with van der Waals surface area (Å²) in [5, 5.41) is 3.10. The molecule has 0 amide bonds. The number of nitrogens with one attached hydrogen (secondary N) is 1. The summed E-state index contributed by atoms with van der Waals surface area (Å²) in [6, 6.07) is 5.54. The van der Waals surface area contributed by atoms with Crippen LogP contribution in [0.5, 0.6) is 0 Å². The number of halogens is 3. The van der Waals surface area contributed by atoms with Gasteiger partial charge in [0, 0.05) is 5.54 Å². The summed E-state index contributed by atoms with van der Waals surface area (Å²) >= 11 is 0. The maximum atomic E-state index is 12.5. The summed E-state index contributed by atoms with van der Waals surface area (Å²) in [4.78, 5) is 4.40. The average Bonchev–Trinajstić information content (AvgIpc) is 2.30. The normalized spacial score (nSPS) is 23.1. The van der Waals surface area contributed by atoms with Gasteiger partial charge >= 0.3 is 6.18 Å². The lowest BCUT2D eigenvalue weighted by Gasteiger charge is -2.34. The van der Waals surface area contributed by atoms with Crippen LogP contribution in [0.3, 0.4) is 0 Å². The fourth-order valence-electron chi connectivity index (χ4n) is 2.52. The number of aliphatic imine (C=N–C) groups is 1. The number of nitrogens with zero attached hydrogens (tertiary/aromatic N) is 1. The van der Waals surface area contributed by atoms with Gasteiger partial charge in [-0.25, -0.2) is 0 Å². The summed E-state index contributed by atoms with van der Waals surface area (Å²) in [6.07, 6.45) is -2.65. The molecule has 1 aliphatic rings. The molecule has 0 saturated heterocycles. The van der Waals surface area contributed by atoms with Crippen LogP contribution in [0.4, 0.5) is 13.2 Å². The van der Waals surface area contributed by atoms with Gasteiger partial charge in [-0.05, 0) is 57.2 Å². The van der Waals surface area contributed by atoms with Crippen LogP contribution in [0.1, 0.15) is 50.7 Å². The molecule has 3 N–H and O–H groups in total. The van der Waals surface area contributed by atoms with Crippen LogP contribution < -0.4 is 11.1 Å². The van der Waals surface area contributed by atoms with Crippen molar-refractivity contribution in [2.45, 2.75) is 57.3 Å². The number of guanidine groups is 1. The zero-order valence-electron chi connectivity index (χ0n) is 13.0. The van der Waals surface area contributed by atoms with Crippen molar-refractivity contribution in [1.82, 2.24) is 5.32 Å². The largest absolute Gasteiger partial charge is 0.416 e. The molecule has 122 valence electrons. The summed E-state index contributed by atoms with van der Waals surface area (Å²) < 4.78 is 37.6. The predicted octanol–water partition coefficient (Wildman–Crippen LogP) is 3.65. The Morgan fingerprint density at radius 2 is 1.68 bits per heavy atom. The first-order valence-electron chi connectivity index (χ1n) is 7.33. The van der Waals surface area contributed by atoms with E-state index in [4.69, 9.17) is 5.73 Å². The Morgan fingerprint density at radius 1 is 1.14 bits per heavy atom. The van der Waals surface area contributed by atoms with E-state index in [0.717, 1.165) is 30.5 Å². The standard InChI is InChI=1S/C16H22F3N3/c1-15(2,3)22-14(20)21-13-8-11(9-13)10-4-6-12(7-5-10)16(17,18)19/h4-7,11,13H,8-9H2,1-3H3,(H3,20,21,22). The van der Waals surface area contributed by atoms with E-state index in [1.54, 1.807) is 12.1 Å². The first-order valence-corrected chi connectivity index (χ1v) is 7.33. The molecule has 6 heteroatoms. The van der Waals surface area contributed by atoms with Gasteiger partial charge in [0.25, 0.3) is 0 Å². The summed E-state index contributed by atoms with van der Waals surface area (Å²) in [5.41, 5.74) is 6.03. The monoisotopic (exact) mass is 313 g/mol. The maximum absolute atomic E-state index is 12.5. The lowest BCUT2D eigenvalue weighted by molar-refractivity contribution is -0.137. The number of nitrogens with two attached hydrogens (primary N) is 1. The molecule has 1 saturated carbocycles. The fraction of sp³-hybridized carbons (Fsp3) is 0.562. The van der Waals surface area contributed by atoms with Crippen molar-refractivity contribution in [2.75, 3.05) is 0 Å². The highest BCUT2D eigenvalue weighted by Crippen LogP contribution is 2.39. The zero-order valence-corrected chi connectivity index (χ0v) is 13.0. The molecule has 0 bridgehead atoms. The van der Waals surface area contributed by atoms with Gasteiger partial charge in [-0.1, -0.05) is 12.1 Å². The van der Waals surface area contributed by atoms with E-state index in [9.17, 15) is 13.2 Å². The molecule has 0 spiro atoms. The van der Waals surface area contributed by atoms with Crippen molar-refractivity contribution in [2.24, 2.45) is 10.7 Å². The second-order valence-electron chi connectivity index (χ2n) is 6.83. The predicted molar refractivity (Wildman–Crippen MR) is 81.7 cm³/mol. The zero-order chi connectivity index (χ0) is 16.5. The highest BCUT2D eigenvalue weighted by molar-refractivity contribution is 5.78. The third kappa shape index (κ3) is 4.39. The van der Waals surface area contributed by atoms with E-state index in [2.05, 4.69) is 10.3 Å². The van der Waals surface area contributed by atoms with Gasteiger partial charge in [0.1, 0.15) is 0 Å². The Labute approximate surface area is 128 Å². The molecule has 0 aromatic heterocycles. The van der Waals surface area contributed by atoms with E-state index in [0.29, 0.717) is 5.96 Å². The van der Waals surface area contributed by atoms with E-state index in [1.807, 2.05) is 20.8 Å².